The maximum absolute atomic E-state index is 3.79. The third-order valence-electron chi connectivity index (χ3n) is 4.72. The van der Waals surface area contributed by atoms with Crippen molar-refractivity contribution in [3.8, 4) is 0 Å². The molecule has 0 aromatic heterocycles. The number of nitrogens with zero attached hydrogens (tertiary/aromatic N) is 1. The highest BCUT2D eigenvalue weighted by molar-refractivity contribution is 5.00. The fraction of sp³-hybridized carbons (Fsp3) is 1.00. The second-order valence-electron chi connectivity index (χ2n) is 6.44. The van der Waals surface area contributed by atoms with E-state index in [2.05, 4.69) is 17.1 Å². The topological polar surface area (TPSA) is 15.3 Å². The molecule has 3 aliphatic rings. The molecule has 86 valence electrons. The number of hydrogen-bond acceptors (Lipinski definition) is 2. The van der Waals surface area contributed by atoms with E-state index in [1.54, 1.807) is 0 Å². The van der Waals surface area contributed by atoms with Gasteiger partial charge in [0.15, 0.2) is 0 Å². The average molecular weight is 208 g/mol. The smallest absolute Gasteiger partial charge is 0.0309 e. The molecule has 1 heterocycles. The van der Waals surface area contributed by atoms with Crippen molar-refractivity contribution >= 4 is 0 Å². The molecule has 1 spiro atoms. The average Bonchev–Trinajstić information content (AvgIpc) is 2.76. The number of piperazine rings is 1. The van der Waals surface area contributed by atoms with Crippen molar-refractivity contribution in [3.05, 3.63) is 0 Å². The summed E-state index contributed by atoms with van der Waals surface area (Å²) in [5, 5.41) is 3.79. The normalized spacial score (nSPS) is 33.4. The van der Waals surface area contributed by atoms with E-state index < -0.39 is 0 Å². The van der Waals surface area contributed by atoms with Gasteiger partial charge in [0.25, 0.3) is 0 Å². The zero-order chi connectivity index (χ0) is 10.4. The van der Waals surface area contributed by atoms with Gasteiger partial charge in [-0.3, -0.25) is 4.90 Å². The van der Waals surface area contributed by atoms with Gasteiger partial charge in [0.1, 0.15) is 0 Å². The molecular formula is C13H24N2. The monoisotopic (exact) mass is 208 g/mol. The first-order chi connectivity index (χ1) is 7.20. The first kappa shape index (κ1) is 10.1. The Hall–Kier alpha value is -0.0800. The van der Waals surface area contributed by atoms with Crippen molar-refractivity contribution in [2.24, 2.45) is 5.41 Å². The number of rotatable bonds is 2. The summed E-state index contributed by atoms with van der Waals surface area (Å²) in [6.45, 7) is 7.63. The van der Waals surface area contributed by atoms with Crippen molar-refractivity contribution in [2.45, 2.75) is 51.0 Å². The van der Waals surface area contributed by atoms with E-state index in [0.29, 0.717) is 11.0 Å². The minimum Gasteiger partial charge on any atom is -0.309 e. The van der Waals surface area contributed by atoms with Crippen molar-refractivity contribution < 1.29 is 0 Å². The van der Waals surface area contributed by atoms with Gasteiger partial charge in [-0.05, 0) is 31.1 Å². The lowest BCUT2D eigenvalue weighted by atomic mass is 9.93. The Balaban J connectivity index is 1.60. The predicted octanol–water partition coefficient (Wildman–Crippen LogP) is 2.00. The van der Waals surface area contributed by atoms with Crippen LogP contribution in [0, 0.1) is 5.41 Å². The highest BCUT2D eigenvalue weighted by Gasteiger charge is 2.43. The van der Waals surface area contributed by atoms with Crippen LogP contribution in [0.25, 0.3) is 0 Å². The summed E-state index contributed by atoms with van der Waals surface area (Å²) in [6.07, 6.45) is 8.64. The summed E-state index contributed by atoms with van der Waals surface area (Å²) in [7, 11) is 0. The SMILES string of the molecule is CC1(CN2CCNC3(CCCC3)C2)CC1. The van der Waals surface area contributed by atoms with Gasteiger partial charge >= 0.3 is 0 Å². The molecule has 0 aromatic rings. The van der Waals surface area contributed by atoms with Gasteiger partial charge < -0.3 is 5.32 Å². The van der Waals surface area contributed by atoms with Crippen LogP contribution in [0.2, 0.25) is 0 Å². The molecule has 0 amide bonds. The minimum atomic E-state index is 0.517. The number of hydrogen-bond donors (Lipinski definition) is 1. The molecule has 15 heavy (non-hydrogen) atoms. The zero-order valence-corrected chi connectivity index (χ0v) is 10.0. The quantitative estimate of drug-likeness (QED) is 0.747. The maximum atomic E-state index is 3.79. The first-order valence-electron chi connectivity index (χ1n) is 6.67. The van der Waals surface area contributed by atoms with E-state index in [1.165, 1.54) is 64.7 Å². The molecule has 1 N–H and O–H groups in total. The van der Waals surface area contributed by atoms with Crippen LogP contribution in [-0.2, 0) is 0 Å². The van der Waals surface area contributed by atoms with Gasteiger partial charge in [-0.25, -0.2) is 0 Å². The molecule has 2 aliphatic carbocycles. The van der Waals surface area contributed by atoms with Crippen LogP contribution in [0.15, 0.2) is 0 Å². The molecule has 3 fully saturated rings. The van der Waals surface area contributed by atoms with Gasteiger partial charge in [-0.1, -0.05) is 19.8 Å². The molecule has 0 aromatic carbocycles. The molecule has 0 bridgehead atoms. The van der Waals surface area contributed by atoms with Gasteiger partial charge in [-0.2, -0.15) is 0 Å². The predicted molar refractivity (Wildman–Crippen MR) is 63.0 cm³/mol. The van der Waals surface area contributed by atoms with E-state index in [9.17, 15) is 0 Å². The Bertz CT molecular complexity index is 239. The summed E-state index contributed by atoms with van der Waals surface area (Å²) in [6, 6.07) is 0. The molecule has 1 saturated heterocycles. The summed E-state index contributed by atoms with van der Waals surface area (Å²) < 4.78 is 0. The fourth-order valence-corrected chi connectivity index (χ4v) is 3.48. The van der Waals surface area contributed by atoms with Gasteiger partial charge in [0.2, 0.25) is 0 Å². The van der Waals surface area contributed by atoms with Crippen molar-refractivity contribution in [2.75, 3.05) is 26.2 Å². The second kappa shape index (κ2) is 3.46. The van der Waals surface area contributed by atoms with E-state index >= 15 is 0 Å². The Kier molecular flexibility index (Phi) is 2.33. The van der Waals surface area contributed by atoms with Crippen molar-refractivity contribution in [3.63, 3.8) is 0 Å². The van der Waals surface area contributed by atoms with E-state index in [0.717, 1.165) is 0 Å². The molecule has 0 radical (unpaired) electrons. The molecule has 2 saturated carbocycles. The van der Waals surface area contributed by atoms with Gasteiger partial charge in [0, 0.05) is 31.7 Å². The van der Waals surface area contributed by atoms with Crippen molar-refractivity contribution in [1.82, 2.24) is 10.2 Å². The molecule has 3 rings (SSSR count). The molecular weight excluding hydrogens is 184 g/mol. The van der Waals surface area contributed by atoms with Crippen molar-refractivity contribution in [1.29, 1.82) is 0 Å². The van der Waals surface area contributed by atoms with Crippen LogP contribution in [0.5, 0.6) is 0 Å². The Morgan fingerprint density at radius 1 is 1.13 bits per heavy atom. The maximum Gasteiger partial charge on any atom is 0.0309 e. The lowest BCUT2D eigenvalue weighted by molar-refractivity contribution is 0.116. The fourth-order valence-electron chi connectivity index (χ4n) is 3.48. The summed E-state index contributed by atoms with van der Waals surface area (Å²) in [5.41, 5.74) is 1.21. The summed E-state index contributed by atoms with van der Waals surface area (Å²) in [4.78, 5) is 2.73. The van der Waals surface area contributed by atoms with Crippen LogP contribution in [0.4, 0.5) is 0 Å². The van der Waals surface area contributed by atoms with E-state index in [1.807, 2.05) is 0 Å². The van der Waals surface area contributed by atoms with Crippen LogP contribution >= 0.6 is 0 Å². The van der Waals surface area contributed by atoms with E-state index in [4.69, 9.17) is 0 Å². The largest absolute Gasteiger partial charge is 0.309 e. The molecule has 0 atom stereocenters. The first-order valence-corrected chi connectivity index (χ1v) is 6.67. The third-order valence-corrected chi connectivity index (χ3v) is 4.72. The van der Waals surface area contributed by atoms with Gasteiger partial charge in [0.05, 0.1) is 0 Å². The minimum absolute atomic E-state index is 0.517. The lowest BCUT2D eigenvalue weighted by Gasteiger charge is -2.42. The molecule has 0 unspecified atom stereocenters. The second-order valence-corrected chi connectivity index (χ2v) is 6.44. The summed E-state index contributed by atoms with van der Waals surface area (Å²) in [5.74, 6) is 0. The Morgan fingerprint density at radius 2 is 1.87 bits per heavy atom. The molecule has 1 aliphatic heterocycles. The highest BCUT2D eigenvalue weighted by atomic mass is 15.2. The van der Waals surface area contributed by atoms with E-state index in [-0.39, 0.29) is 0 Å². The Labute approximate surface area is 93.4 Å². The number of nitrogens with one attached hydrogen (secondary N) is 1. The zero-order valence-electron chi connectivity index (χ0n) is 10.0. The molecule has 2 nitrogen and oxygen atoms in total. The standard InChI is InChI=1S/C13H24N2/c1-12(6-7-12)10-15-9-8-14-13(11-15)4-2-3-5-13/h14H,2-11H2,1H3. The van der Waals surface area contributed by atoms with Gasteiger partial charge in [-0.15, -0.1) is 0 Å². The summed E-state index contributed by atoms with van der Waals surface area (Å²) >= 11 is 0. The highest BCUT2D eigenvalue weighted by Crippen LogP contribution is 2.46. The van der Waals surface area contributed by atoms with Crippen LogP contribution in [0.1, 0.15) is 45.4 Å². The van der Waals surface area contributed by atoms with Crippen LogP contribution in [0.3, 0.4) is 0 Å². The third kappa shape index (κ3) is 2.07. The lowest BCUT2D eigenvalue weighted by Crippen LogP contribution is -2.59. The molecule has 2 heteroatoms. The van der Waals surface area contributed by atoms with Crippen LogP contribution < -0.4 is 5.32 Å². The van der Waals surface area contributed by atoms with Crippen LogP contribution in [-0.4, -0.2) is 36.6 Å². The Morgan fingerprint density at radius 3 is 2.53 bits per heavy atom.